The third-order valence-electron chi connectivity index (χ3n) is 3.96. The first-order valence-electron chi connectivity index (χ1n) is 7.18. The third-order valence-corrected chi connectivity index (χ3v) is 3.96. The van der Waals surface area contributed by atoms with E-state index in [9.17, 15) is 4.79 Å². The molecule has 1 saturated carbocycles. The van der Waals surface area contributed by atoms with E-state index in [0.717, 1.165) is 25.0 Å². The van der Waals surface area contributed by atoms with Crippen molar-refractivity contribution in [3.63, 3.8) is 0 Å². The second-order valence-electron chi connectivity index (χ2n) is 5.23. The summed E-state index contributed by atoms with van der Waals surface area (Å²) >= 11 is 0. The molecule has 0 bridgehead atoms. The number of ether oxygens (including phenoxy) is 1. The Hall–Kier alpha value is -1.51. The molecule has 0 unspecified atom stereocenters. The molecule has 19 heavy (non-hydrogen) atoms. The Morgan fingerprint density at radius 2 is 1.89 bits per heavy atom. The monoisotopic (exact) mass is 261 g/mol. The summed E-state index contributed by atoms with van der Waals surface area (Å²) < 4.78 is 5.56. The number of likely N-dealkylation sites (N-methyl/N-ethyl adjacent to an activating group) is 1. The van der Waals surface area contributed by atoms with Gasteiger partial charge in [0.2, 0.25) is 0 Å². The lowest BCUT2D eigenvalue weighted by Crippen LogP contribution is -2.38. The highest BCUT2D eigenvalue weighted by Crippen LogP contribution is 2.22. The number of hydrogen-bond acceptors (Lipinski definition) is 2. The van der Waals surface area contributed by atoms with E-state index in [4.69, 9.17) is 4.74 Å². The summed E-state index contributed by atoms with van der Waals surface area (Å²) in [6.07, 6.45) is 5.76. The van der Waals surface area contributed by atoms with Crippen LogP contribution in [-0.2, 0) is 11.2 Å². The van der Waals surface area contributed by atoms with Crippen LogP contribution in [-0.4, -0.2) is 30.5 Å². The van der Waals surface area contributed by atoms with E-state index in [-0.39, 0.29) is 12.5 Å². The fourth-order valence-electron chi connectivity index (χ4n) is 2.56. The van der Waals surface area contributed by atoms with Crippen molar-refractivity contribution in [3.05, 3.63) is 29.8 Å². The third kappa shape index (κ3) is 3.72. The van der Waals surface area contributed by atoms with Gasteiger partial charge in [-0.25, -0.2) is 0 Å². The van der Waals surface area contributed by atoms with Crippen LogP contribution >= 0.6 is 0 Å². The zero-order valence-electron chi connectivity index (χ0n) is 11.9. The Kier molecular flexibility index (Phi) is 4.83. The van der Waals surface area contributed by atoms with Crippen LogP contribution < -0.4 is 4.74 Å². The summed E-state index contributed by atoms with van der Waals surface area (Å²) in [6, 6.07) is 8.36. The number of hydrogen-bond donors (Lipinski definition) is 0. The first-order valence-corrected chi connectivity index (χ1v) is 7.18. The van der Waals surface area contributed by atoms with Crippen molar-refractivity contribution >= 4 is 5.91 Å². The predicted molar refractivity (Wildman–Crippen MR) is 76.3 cm³/mol. The number of amides is 1. The number of carbonyl (C=O) groups is 1. The van der Waals surface area contributed by atoms with Crippen LogP contribution in [0.5, 0.6) is 5.75 Å². The van der Waals surface area contributed by atoms with Crippen LogP contribution in [0.3, 0.4) is 0 Å². The first kappa shape index (κ1) is 13.9. The van der Waals surface area contributed by atoms with Crippen molar-refractivity contribution < 1.29 is 9.53 Å². The summed E-state index contributed by atoms with van der Waals surface area (Å²) in [5.41, 5.74) is 1.28. The lowest BCUT2D eigenvalue weighted by Gasteiger charge is -2.24. The molecule has 1 aliphatic rings. The molecule has 0 N–H and O–H groups in total. The molecule has 1 amide bonds. The molecule has 2 rings (SSSR count). The zero-order valence-corrected chi connectivity index (χ0v) is 11.9. The standard InChI is InChI=1S/C16H23NO2/c1-3-13-8-10-15(11-9-13)19-12-16(18)17(2)14-6-4-5-7-14/h8-11,14H,3-7,12H2,1-2H3. The number of nitrogens with zero attached hydrogens (tertiary/aromatic N) is 1. The van der Waals surface area contributed by atoms with Gasteiger partial charge in [-0.15, -0.1) is 0 Å². The van der Waals surface area contributed by atoms with E-state index in [2.05, 4.69) is 6.92 Å². The molecule has 0 saturated heterocycles. The highest BCUT2D eigenvalue weighted by atomic mass is 16.5. The Morgan fingerprint density at radius 3 is 2.47 bits per heavy atom. The van der Waals surface area contributed by atoms with E-state index >= 15 is 0 Å². The minimum absolute atomic E-state index is 0.0754. The Morgan fingerprint density at radius 1 is 1.26 bits per heavy atom. The summed E-state index contributed by atoms with van der Waals surface area (Å²) in [6.45, 7) is 2.26. The fourth-order valence-corrected chi connectivity index (χ4v) is 2.56. The van der Waals surface area contributed by atoms with Gasteiger partial charge >= 0.3 is 0 Å². The van der Waals surface area contributed by atoms with Crippen molar-refractivity contribution in [1.29, 1.82) is 0 Å². The van der Waals surface area contributed by atoms with Gasteiger partial charge < -0.3 is 9.64 Å². The maximum atomic E-state index is 12.0. The number of carbonyl (C=O) groups excluding carboxylic acids is 1. The lowest BCUT2D eigenvalue weighted by atomic mass is 10.2. The normalized spacial score (nSPS) is 15.5. The van der Waals surface area contributed by atoms with E-state index in [1.807, 2.05) is 36.2 Å². The summed E-state index contributed by atoms with van der Waals surface area (Å²) in [5.74, 6) is 0.844. The van der Waals surface area contributed by atoms with Crippen molar-refractivity contribution in [1.82, 2.24) is 4.90 Å². The molecule has 0 atom stereocenters. The second kappa shape index (κ2) is 6.60. The van der Waals surface area contributed by atoms with Gasteiger partial charge in [0, 0.05) is 13.1 Å². The van der Waals surface area contributed by atoms with Gasteiger partial charge in [0.05, 0.1) is 0 Å². The average Bonchev–Trinajstić information content (AvgIpc) is 2.98. The van der Waals surface area contributed by atoms with E-state index in [1.165, 1.54) is 18.4 Å². The predicted octanol–water partition coefficient (Wildman–Crippen LogP) is 3.03. The molecule has 3 heteroatoms. The van der Waals surface area contributed by atoms with Crippen LogP contribution in [0.2, 0.25) is 0 Å². The minimum Gasteiger partial charge on any atom is -0.484 e. The van der Waals surface area contributed by atoms with Crippen LogP contribution in [0.4, 0.5) is 0 Å². The number of rotatable bonds is 5. The quantitative estimate of drug-likeness (QED) is 0.815. The molecule has 104 valence electrons. The van der Waals surface area contributed by atoms with Crippen molar-refractivity contribution in [2.24, 2.45) is 0 Å². The molecule has 0 aliphatic heterocycles. The Balaban J connectivity index is 1.81. The van der Waals surface area contributed by atoms with E-state index < -0.39 is 0 Å². The molecule has 1 aromatic carbocycles. The molecular weight excluding hydrogens is 238 g/mol. The van der Waals surface area contributed by atoms with Crippen LogP contribution in [0.15, 0.2) is 24.3 Å². The van der Waals surface area contributed by atoms with Gasteiger partial charge in [0.15, 0.2) is 6.61 Å². The van der Waals surface area contributed by atoms with Gasteiger partial charge in [-0.05, 0) is 37.0 Å². The van der Waals surface area contributed by atoms with Crippen LogP contribution in [0.25, 0.3) is 0 Å². The topological polar surface area (TPSA) is 29.5 Å². The van der Waals surface area contributed by atoms with Crippen LogP contribution in [0.1, 0.15) is 38.2 Å². The molecule has 3 nitrogen and oxygen atoms in total. The van der Waals surface area contributed by atoms with Gasteiger partial charge in [-0.3, -0.25) is 4.79 Å². The van der Waals surface area contributed by atoms with E-state index in [1.54, 1.807) is 0 Å². The highest BCUT2D eigenvalue weighted by molar-refractivity contribution is 5.77. The van der Waals surface area contributed by atoms with Gasteiger partial charge in [-0.1, -0.05) is 31.9 Å². The first-order chi connectivity index (χ1) is 9.20. The van der Waals surface area contributed by atoms with Gasteiger partial charge in [0.1, 0.15) is 5.75 Å². The molecule has 1 aromatic rings. The highest BCUT2D eigenvalue weighted by Gasteiger charge is 2.23. The van der Waals surface area contributed by atoms with Crippen LogP contribution in [0, 0.1) is 0 Å². The fraction of sp³-hybridized carbons (Fsp3) is 0.562. The van der Waals surface area contributed by atoms with E-state index in [0.29, 0.717) is 6.04 Å². The number of aryl methyl sites for hydroxylation is 1. The molecule has 1 aliphatic carbocycles. The lowest BCUT2D eigenvalue weighted by molar-refractivity contribution is -0.134. The van der Waals surface area contributed by atoms with Gasteiger partial charge in [0.25, 0.3) is 5.91 Å². The van der Waals surface area contributed by atoms with Crippen molar-refractivity contribution in [2.75, 3.05) is 13.7 Å². The SMILES string of the molecule is CCc1ccc(OCC(=O)N(C)C2CCCC2)cc1. The molecular formula is C16H23NO2. The van der Waals surface area contributed by atoms with Gasteiger partial charge in [-0.2, -0.15) is 0 Å². The molecule has 0 heterocycles. The average molecular weight is 261 g/mol. The second-order valence-corrected chi connectivity index (χ2v) is 5.23. The summed E-state index contributed by atoms with van der Waals surface area (Å²) in [4.78, 5) is 13.9. The Labute approximate surface area is 115 Å². The molecule has 0 radical (unpaired) electrons. The molecule has 0 spiro atoms. The number of benzene rings is 1. The maximum Gasteiger partial charge on any atom is 0.260 e. The minimum atomic E-state index is 0.0754. The zero-order chi connectivity index (χ0) is 13.7. The maximum absolute atomic E-state index is 12.0. The molecule has 1 fully saturated rings. The van der Waals surface area contributed by atoms with Crippen molar-refractivity contribution in [3.8, 4) is 5.75 Å². The van der Waals surface area contributed by atoms with Crippen molar-refractivity contribution in [2.45, 2.75) is 45.1 Å². The molecule has 0 aromatic heterocycles. The summed E-state index contributed by atoms with van der Waals surface area (Å²) in [5, 5.41) is 0. The smallest absolute Gasteiger partial charge is 0.260 e. The summed E-state index contributed by atoms with van der Waals surface area (Å²) in [7, 11) is 1.89. The Bertz CT molecular complexity index is 407. The largest absolute Gasteiger partial charge is 0.484 e.